The maximum absolute atomic E-state index is 11.8. The van der Waals surface area contributed by atoms with Gasteiger partial charge in [0.15, 0.2) is 11.5 Å². The Bertz CT molecular complexity index is 712. The van der Waals surface area contributed by atoms with E-state index in [9.17, 15) is 29.3 Å². The summed E-state index contributed by atoms with van der Waals surface area (Å²) in [5.41, 5.74) is -0.0276. The molecule has 1 aliphatic heterocycles. The molecule has 1 N–H and O–H groups in total. The molecule has 2 amide bonds. The Hall–Kier alpha value is -3.15. The fourth-order valence-corrected chi connectivity index (χ4v) is 2.07. The Morgan fingerprint density at radius 1 is 1.23 bits per heavy atom. The minimum atomic E-state index is -0.770. The highest BCUT2D eigenvalue weighted by Crippen LogP contribution is 2.13. The van der Waals surface area contributed by atoms with E-state index in [0.717, 1.165) is 6.07 Å². The van der Waals surface area contributed by atoms with Crippen LogP contribution in [0.2, 0.25) is 0 Å². The molecular weight excluding hydrogens is 352 g/mol. The molecule has 1 saturated heterocycles. The molecule has 1 fully saturated rings. The number of amides is 2. The van der Waals surface area contributed by atoms with Gasteiger partial charge in [0.1, 0.15) is 0 Å². The van der Waals surface area contributed by atoms with Gasteiger partial charge in [-0.3, -0.25) is 14.4 Å². The maximum Gasteiger partial charge on any atom is 0.343 e. The van der Waals surface area contributed by atoms with E-state index in [1.54, 1.807) is 0 Å². The van der Waals surface area contributed by atoms with Gasteiger partial charge in [0.05, 0.1) is 19.1 Å². The topological polar surface area (TPSA) is 162 Å². The number of nitro groups is 1. The van der Waals surface area contributed by atoms with Crippen LogP contribution >= 0.6 is 0 Å². The Kier molecular flexibility index (Phi) is 6.49. The minimum Gasteiger partial charge on any atom is -0.381 e. The number of ketones is 1. The minimum absolute atomic E-state index is 0.00286. The predicted molar refractivity (Wildman–Crippen MR) is 81.4 cm³/mol. The number of carbonyl (C=O) groups is 4. The van der Waals surface area contributed by atoms with Gasteiger partial charge in [0, 0.05) is 25.9 Å². The molecule has 0 bridgehead atoms. The first-order chi connectivity index (χ1) is 12.4. The van der Waals surface area contributed by atoms with Crippen LogP contribution in [0.5, 0.6) is 0 Å². The number of hydrogen-bond acceptors (Lipinski definition) is 9. The quantitative estimate of drug-likeness (QED) is 0.201. The fraction of sp³-hybridized carbons (Fsp3) is 0.500. The molecular formula is C14H16N4O8. The molecule has 1 aromatic heterocycles. The number of Topliss-reactive ketones (excluding diaryl/α,β-unsaturated/α-hetero) is 1. The lowest BCUT2D eigenvalue weighted by Crippen LogP contribution is -2.32. The molecule has 0 spiro atoms. The molecule has 12 nitrogen and oxygen atoms in total. The fourth-order valence-electron chi connectivity index (χ4n) is 2.07. The summed E-state index contributed by atoms with van der Waals surface area (Å²) in [4.78, 5) is 60.3. The average molecular weight is 368 g/mol. The van der Waals surface area contributed by atoms with Gasteiger partial charge in [-0.25, -0.2) is 4.79 Å². The first-order valence-electron chi connectivity index (χ1n) is 7.76. The van der Waals surface area contributed by atoms with Crippen LogP contribution in [-0.2, 0) is 24.0 Å². The highest BCUT2D eigenvalue weighted by Gasteiger charge is 2.32. The van der Waals surface area contributed by atoms with Crippen LogP contribution in [0, 0.1) is 10.1 Å². The first-order valence-corrected chi connectivity index (χ1v) is 7.76. The van der Waals surface area contributed by atoms with E-state index >= 15 is 0 Å². The van der Waals surface area contributed by atoms with Crippen LogP contribution in [0.15, 0.2) is 6.07 Å². The van der Waals surface area contributed by atoms with Gasteiger partial charge in [0.2, 0.25) is 0 Å². The van der Waals surface area contributed by atoms with Crippen molar-refractivity contribution in [2.75, 3.05) is 13.2 Å². The molecule has 1 aromatic rings. The third-order valence-corrected chi connectivity index (χ3v) is 3.39. The van der Waals surface area contributed by atoms with Crippen molar-refractivity contribution in [3.05, 3.63) is 21.9 Å². The largest absolute Gasteiger partial charge is 0.381 e. The highest BCUT2D eigenvalue weighted by atomic mass is 16.7. The monoisotopic (exact) mass is 368 g/mol. The molecule has 1 aliphatic rings. The second-order valence-corrected chi connectivity index (χ2v) is 5.33. The number of imide groups is 1. The zero-order valence-electron chi connectivity index (χ0n) is 13.6. The van der Waals surface area contributed by atoms with Gasteiger partial charge >= 0.3 is 11.8 Å². The number of carbonyl (C=O) groups excluding carboxylic acids is 4. The van der Waals surface area contributed by atoms with E-state index in [0.29, 0.717) is 11.5 Å². The van der Waals surface area contributed by atoms with Crippen molar-refractivity contribution in [3.63, 3.8) is 0 Å². The van der Waals surface area contributed by atoms with Crippen molar-refractivity contribution < 1.29 is 33.7 Å². The van der Waals surface area contributed by atoms with E-state index in [1.165, 1.54) is 0 Å². The summed E-state index contributed by atoms with van der Waals surface area (Å²) >= 11 is 0. The Morgan fingerprint density at radius 3 is 2.54 bits per heavy atom. The van der Waals surface area contributed by atoms with Crippen LogP contribution in [0.4, 0.5) is 5.82 Å². The summed E-state index contributed by atoms with van der Waals surface area (Å²) in [5.74, 6) is -2.61. The molecule has 2 heterocycles. The number of aromatic amines is 1. The van der Waals surface area contributed by atoms with Crippen LogP contribution in [0.25, 0.3) is 0 Å². The summed E-state index contributed by atoms with van der Waals surface area (Å²) in [5, 5.41) is 16.7. The zero-order valence-corrected chi connectivity index (χ0v) is 13.6. The van der Waals surface area contributed by atoms with E-state index in [-0.39, 0.29) is 56.2 Å². The smallest absolute Gasteiger partial charge is 0.343 e. The summed E-state index contributed by atoms with van der Waals surface area (Å²) in [6.45, 7) is 0.171. The summed E-state index contributed by atoms with van der Waals surface area (Å²) in [6.07, 6.45) is 0.295. The highest BCUT2D eigenvalue weighted by molar-refractivity contribution is 6.01. The van der Waals surface area contributed by atoms with Crippen LogP contribution in [-0.4, -0.2) is 57.0 Å². The number of nitrogens with zero attached hydrogens (tertiary/aromatic N) is 3. The lowest BCUT2D eigenvalue weighted by Gasteiger charge is -2.12. The summed E-state index contributed by atoms with van der Waals surface area (Å²) in [6, 6.07) is 1.06. The lowest BCUT2D eigenvalue weighted by molar-refractivity contribution is -0.389. The van der Waals surface area contributed by atoms with E-state index < -0.39 is 22.7 Å². The molecule has 2 rings (SSSR count). The molecule has 0 saturated carbocycles. The number of aromatic nitrogens is 2. The number of rotatable bonds is 10. The van der Waals surface area contributed by atoms with E-state index in [2.05, 4.69) is 15.0 Å². The van der Waals surface area contributed by atoms with Crippen molar-refractivity contribution >= 4 is 29.4 Å². The van der Waals surface area contributed by atoms with Crippen molar-refractivity contribution in [2.45, 2.75) is 32.1 Å². The second kappa shape index (κ2) is 8.80. The van der Waals surface area contributed by atoms with Crippen LogP contribution < -0.4 is 0 Å². The van der Waals surface area contributed by atoms with Crippen molar-refractivity contribution in [2.24, 2.45) is 0 Å². The number of ether oxygens (including phenoxy) is 1. The lowest BCUT2D eigenvalue weighted by atomic mass is 10.2. The van der Waals surface area contributed by atoms with Gasteiger partial charge in [-0.05, 0) is 11.3 Å². The standard InChI is InChI=1S/C14H16N4O8/c19-10(9-8-11(16-15-9)18(23)24)2-1-6-25-7-5-14(22)26-17-12(20)3-4-13(17)21/h8H,1-7H2,(H,15,16). The molecule has 0 radical (unpaired) electrons. The van der Waals surface area contributed by atoms with Gasteiger partial charge in [-0.15, -0.1) is 10.2 Å². The first kappa shape index (κ1) is 19.2. The van der Waals surface area contributed by atoms with Crippen LogP contribution in [0.3, 0.4) is 0 Å². The van der Waals surface area contributed by atoms with Crippen molar-refractivity contribution in [1.82, 2.24) is 15.3 Å². The van der Waals surface area contributed by atoms with Gasteiger partial charge in [0.25, 0.3) is 11.8 Å². The number of H-pyrrole nitrogens is 1. The SMILES string of the molecule is O=C(CCOCCCC(=O)c1cc([N+](=O)[O-])[nH]n1)ON1C(=O)CCC1=O. The zero-order chi connectivity index (χ0) is 19.1. The van der Waals surface area contributed by atoms with Crippen LogP contribution in [0.1, 0.15) is 42.6 Å². The Morgan fingerprint density at radius 2 is 1.92 bits per heavy atom. The van der Waals surface area contributed by atoms with Crippen molar-refractivity contribution in [3.8, 4) is 0 Å². The number of hydrogen-bond donors (Lipinski definition) is 1. The molecule has 140 valence electrons. The second-order valence-electron chi connectivity index (χ2n) is 5.33. The number of hydroxylamine groups is 2. The Labute approximate surface area is 146 Å². The third kappa shape index (κ3) is 5.17. The van der Waals surface area contributed by atoms with Gasteiger partial charge < -0.3 is 19.7 Å². The summed E-state index contributed by atoms with van der Waals surface area (Å²) in [7, 11) is 0. The number of nitrogens with one attached hydrogen (secondary N) is 1. The van der Waals surface area contributed by atoms with E-state index in [4.69, 9.17) is 4.74 Å². The van der Waals surface area contributed by atoms with E-state index in [1.807, 2.05) is 0 Å². The van der Waals surface area contributed by atoms with Crippen molar-refractivity contribution in [1.29, 1.82) is 0 Å². The summed E-state index contributed by atoms with van der Waals surface area (Å²) < 4.78 is 5.17. The third-order valence-electron chi connectivity index (χ3n) is 3.39. The van der Waals surface area contributed by atoms with Gasteiger partial charge in [-0.2, -0.15) is 0 Å². The average Bonchev–Trinajstić information content (AvgIpc) is 3.20. The molecule has 12 heteroatoms. The molecule has 26 heavy (non-hydrogen) atoms. The molecule has 0 aromatic carbocycles. The molecule has 0 aliphatic carbocycles. The molecule has 0 atom stereocenters. The maximum atomic E-state index is 11.8. The Balaban J connectivity index is 1.58. The molecule has 0 unspecified atom stereocenters. The predicted octanol–water partition coefficient (Wildman–Crippen LogP) is 0.295. The normalized spacial score (nSPS) is 13.9. The van der Waals surface area contributed by atoms with Gasteiger partial charge in [-0.1, -0.05) is 5.10 Å².